The van der Waals surface area contributed by atoms with Crippen LogP contribution in [-0.2, 0) is 6.54 Å². The Morgan fingerprint density at radius 3 is 2.60 bits per heavy atom. The summed E-state index contributed by atoms with van der Waals surface area (Å²) in [5, 5.41) is 3.75. The van der Waals surface area contributed by atoms with Gasteiger partial charge in [0, 0.05) is 12.1 Å². The number of nitrogens with one attached hydrogen (secondary N) is 1. The maximum absolute atomic E-state index is 12.3. The number of anilines is 1. The molecule has 5 heteroatoms. The molecule has 0 aliphatic carbocycles. The molecule has 0 bridgehead atoms. The average Bonchev–Trinajstić information content (AvgIpc) is 2.39. The summed E-state index contributed by atoms with van der Waals surface area (Å²) in [6.07, 6.45) is 0. The van der Waals surface area contributed by atoms with Crippen LogP contribution in [0.4, 0.5) is 14.5 Å². The third-order valence-electron chi connectivity index (χ3n) is 2.87. The summed E-state index contributed by atoms with van der Waals surface area (Å²) in [4.78, 5) is 0. The van der Waals surface area contributed by atoms with E-state index in [1.54, 1.807) is 24.3 Å². The van der Waals surface area contributed by atoms with Crippen LogP contribution >= 0.6 is 11.6 Å². The molecule has 0 aromatic heterocycles. The molecule has 0 saturated carbocycles. The molecule has 0 unspecified atom stereocenters. The highest BCUT2D eigenvalue weighted by molar-refractivity contribution is 6.33. The Morgan fingerprint density at radius 1 is 1.15 bits per heavy atom. The lowest BCUT2D eigenvalue weighted by molar-refractivity contribution is -0.0504. The molecular weight excluding hydrogens is 284 g/mol. The Hall–Kier alpha value is -1.81. The molecule has 2 aromatic carbocycles. The van der Waals surface area contributed by atoms with E-state index in [1.807, 2.05) is 19.1 Å². The van der Waals surface area contributed by atoms with Gasteiger partial charge < -0.3 is 10.1 Å². The molecule has 0 saturated heterocycles. The topological polar surface area (TPSA) is 21.3 Å². The molecule has 2 aromatic rings. The molecule has 0 aliphatic heterocycles. The first kappa shape index (κ1) is 14.6. The number of alkyl halides is 2. The summed E-state index contributed by atoms with van der Waals surface area (Å²) in [7, 11) is 0. The lowest BCUT2D eigenvalue weighted by atomic mass is 10.1. The highest BCUT2D eigenvalue weighted by atomic mass is 35.5. The molecular formula is C15H14ClF2NO. The van der Waals surface area contributed by atoms with Gasteiger partial charge in [-0.15, -0.1) is 0 Å². The Labute approximate surface area is 121 Å². The first-order valence-corrected chi connectivity index (χ1v) is 6.47. The number of para-hydroxylation sites is 2. The second-order valence-corrected chi connectivity index (χ2v) is 4.68. The molecule has 0 atom stereocenters. The quantitative estimate of drug-likeness (QED) is 0.851. The second kappa shape index (κ2) is 6.57. The van der Waals surface area contributed by atoms with Crippen LogP contribution in [-0.4, -0.2) is 6.61 Å². The van der Waals surface area contributed by atoms with Crippen LogP contribution < -0.4 is 10.1 Å². The minimum absolute atomic E-state index is 0.166. The van der Waals surface area contributed by atoms with Gasteiger partial charge in [0.05, 0.1) is 10.7 Å². The van der Waals surface area contributed by atoms with Crippen molar-refractivity contribution >= 4 is 17.3 Å². The molecule has 1 N–H and O–H groups in total. The fourth-order valence-electron chi connectivity index (χ4n) is 1.90. The Morgan fingerprint density at radius 2 is 1.90 bits per heavy atom. The first-order chi connectivity index (χ1) is 9.58. The Bertz CT molecular complexity index is 570. The van der Waals surface area contributed by atoms with E-state index in [9.17, 15) is 8.78 Å². The van der Waals surface area contributed by atoms with Gasteiger partial charge in [0.25, 0.3) is 0 Å². The molecule has 0 heterocycles. The monoisotopic (exact) mass is 297 g/mol. The number of ether oxygens (including phenoxy) is 1. The SMILES string of the molecule is Cc1cccc(Cl)c1NCc1ccccc1OC(F)F. The number of halogens is 3. The number of aryl methyl sites for hydroxylation is 1. The molecule has 0 fully saturated rings. The van der Waals surface area contributed by atoms with Crippen LogP contribution in [0.5, 0.6) is 5.75 Å². The highest BCUT2D eigenvalue weighted by Crippen LogP contribution is 2.27. The molecule has 20 heavy (non-hydrogen) atoms. The third kappa shape index (κ3) is 3.61. The summed E-state index contributed by atoms with van der Waals surface area (Å²) in [6, 6.07) is 12.2. The van der Waals surface area contributed by atoms with E-state index in [1.165, 1.54) is 6.07 Å². The summed E-state index contributed by atoms with van der Waals surface area (Å²) >= 11 is 6.11. The van der Waals surface area contributed by atoms with Crippen molar-refractivity contribution in [3.05, 3.63) is 58.6 Å². The van der Waals surface area contributed by atoms with Gasteiger partial charge in [-0.25, -0.2) is 0 Å². The standard InChI is InChI=1S/C15H14ClF2NO/c1-10-5-4-7-12(16)14(10)19-9-11-6-2-3-8-13(11)20-15(17)18/h2-8,15,19H,9H2,1H3. The van der Waals surface area contributed by atoms with Crippen LogP contribution in [0.3, 0.4) is 0 Å². The van der Waals surface area contributed by atoms with E-state index in [-0.39, 0.29) is 5.75 Å². The Balaban J connectivity index is 2.15. The number of hydrogen-bond donors (Lipinski definition) is 1. The van der Waals surface area contributed by atoms with Gasteiger partial charge in [-0.3, -0.25) is 0 Å². The zero-order chi connectivity index (χ0) is 14.5. The third-order valence-corrected chi connectivity index (χ3v) is 3.18. The van der Waals surface area contributed by atoms with Crippen molar-refractivity contribution in [3.63, 3.8) is 0 Å². The molecule has 2 rings (SSSR count). The van der Waals surface area contributed by atoms with Crippen molar-refractivity contribution in [1.82, 2.24) is 0 Å². The minimum atomic E-state index is -2.84. The van der Waals surface area contributed by atoms with Crippen molar-refractivity contribution in [2.45, 2.75) is 20.1 Å². The van der Waals surface area contributed by atoms with E-state index in [2.05, 4.69) is 10.1 Å². The van der Waals surface area contributed by atoms with Crippen molar-refractivity contribution in [3.8, 4) is 5.75 Å². The van der Waals surface area contributed by atoms with Crippen molar-refractivity contribution in [2.24, 2.45) is 0 Å². The lowest BCUT2D eigenvalue weighted by Gasteiger charge is -2.14. The van der Waals surface area contributed by atoms with Gasteiger partial charge in [0.15, 0.2) is 0 Å². The molecule has 2 nitrogen and oxygen atoms in total. The van der Waals surface area contributed by atoms with Gasteiger partial charge in [-0.2, -0.15) is 8.78 Å². The largest absolute Gasteiger partial charge is 0.434 e. The van der Waals surface area contributed by atoms with Gasteiger partial charge >= 0.3 is 6.61 Å². The lowest BCUT2D eigenvalue weighted by Crippen LogP contribution is -2.07. The summed E-state index contributed by atoms with van der Waals surface area (Å²) in [6.45, 7) is -0.554. The molecule has 0 radical (unpaired) electrons. The van der Waals surface area contributed by atoms with Crippen molar-refractivity contribution in [2.75, 3.05) is 5.32 Å². The zero-order valence-electron chi connectivity index (χ0n) is 10.9. The normalized spacial score (nSPS) is 10.7. The van der Waals surface area contributed by atoms with Crippen LogP contribution in [0, 0.1) is 6.92 Å². The zero-order valence-corrected chi connectivity index (χ0v) is 11.6. The number of benzene rings is 2. The summed E-state index contributed by atoms with van der Waals surface area (Å²) in [5.41, 5.74) is 2.43. The van der Waals surface area contributed by atoms with Crippen molar-refractivity contribution < 1.29 is 13.5 Å². The average molecular weight is 298 g/mol. The van der Waals surface area contributed by atoms with Gasteiger partial charge in [-0.1, -0.05) is 41.9 Å². The van der Waals surface area contributed by atoms with Gasteiger partial charge in [-0.05, 0) is 24.6 Å². The van der Waals surface area contributed by atoms with Crippen LogP contribution in [0.2, 0.25) is 5.02 Å². The molecule has 0 amide bonds. The first-order valence-electron chi connectivity index (χ1n) is 6.09. The van der Waals surface area contributed by atoms with E-state index in [4.69, 9.17) is 11.6 Å². The van der Waals surface area contributed by atoms with Crippen LogP contribution in [0.1, 0.15) is 11.1 Å². The fourth-order valence-corrected chi connectivity index (χ4v) is 2.19. The van der Waals surface area contributed by atoms with E-state index >= 15 is 0 Å². The smallest absolute Gasteiger partial charge is 0.387 e. The number of hydrogen-bond acceptors (Lipinski definition) is 2. The predicted octanol–water partition coefficient (Wildman–Crippen LogP) is 4.86. The molecule has 106 valence electrons. The highest BCUT2D eigenvalue weighted by Gasteiger charge is 2.10. The maximum Gasteiger partial charge on any atom is 0.387 e. The number of rotatable bonds is 5. The van der Waals surface area contributed by atoms with E-state index in [0.29, 0.717) is 17.1 Å². The van der Waals surface area contributed by atoms with Crippen LogP contribution in [0.15, 0.2) is 42.5 Å². The van der Waals surface area contributed by atoms with Gasteiger partial charge in [0.2, 0.25) is 0 Å². The predicted molar refractivity (Wildman–Crippen MR) is 76.6 cm³/mol. The second-order valence-electron chi connectivity index (χ2n) is 4.27. The molecule has 0 spiro atoms. The van der Waals surface area contributed by atoms with Crippen LogP contribution in [0.25, 0.3) is 0 Å². The molecule has 0 aliphatic rings. The van der Waals surface area contributed by atoms with Crippen molar-refractivity contribution in [1.29, 1.82) is 0 Å². The minimum Gasteiger partial charge on any atom is -0.434 e. The van der Waals surface area contributed by atoms with E-state index in [0.717, 1.165) is 11.3 Å². The Kier molecular flexibility index (Phi) is 4.79. The maximum atomic E-state index is 12.3. The summed E-state index contributed by atoms with van der Waals surface area (Å²) < 4.78 is 29.1. The van der Waals surface area contributed by atoms with Gasteiger partial charge in [0.1, 0.15) is 5.75 Å². The summed E-state index contributed by atoms with van der Waals surface area (Å²) in [5.74, 6) is 0.166. The fraction of sp³-hybridized carbons (Fsp3) is 0.200. The van der Waals surface area contributed by atoms with E-state index < -0.39 is 6.61 Å².